The lowest BCUT2D eigenvalue weighted by molar-refractivity contribution is -0.146. The molecule has 0 aromatic rings. The molecule has 0 bridgehead atoms. The van der Waals surface area contributed by atoms with E-state index in [1.165, 1.54) is 7.11 Å². The van der Waals surface area contributed by atoms with Crippen LogP contribution >= 0.6 is 0 Å². The van der Waals surface area contributed by atoms with Crippen LogP contribution in [0.4, 0.5) is 0 Å². The number of ether oxygens (including phenoxy) is 1. The first-order valence-corrected chi connectivity index (χ1v) is 5.99. The van der Waals surface area contributed by atoms with Crippen LogP contribution in [0.3, 0.4) is 0 Å². The van der Waals surface area contributed by atoms with Gasteiger partial charge in [-0.05, 0) is 6.54 Å². The molecule has 1 rings (SSSR count). The molecular weight excluding hydrogens is 236 g/mol. The van der Waals surface area contributed by atoms with Gasteiger partial charge in [-0.1, -0.05) is 20.8 Å². The van der Waals surface area contributed by atoms with E-state index in [1.54, 1.807) is 13.8 Å². The molecule has 1 heterocycles. The van der Waals surface area contributed by atoms with Crippen LogP contribution < -0.4 is 5.32 Å². The minimum absolute atomic E-state index is 0.0294. The van der Waals surface area contributed by atoms with Gasteiger partial charge in [0.25, 0.3) is 0 Å². The Morgan fingerprint density at radius 1 is 1.50 bits per heavy atom. The highest BCUT2D eigenvalue weighted by atomic mass is 16.5. The molecule has 18 heavy (non-hydrogen) atoms. The highest BCUT2D eigenvalue weighted by molar-refractivity contribution is 6.05. The van der Waals surface area contributed by atoms with Crippen molar-refractivity contribution < 1.29 is 19.1 Å². The van der Waals surface area contributed by atoms with E-state index in [1.807, 2.05) is 6.92 Å². The van der Waals surface area contributed by atoms with Gasteiger partial charge in [0.2, 0.25) is 11.8 Å². The third-order valence-electron chi connectivity index (χ3n) is 3.02. The van der Waals surface area contributed by atoms with Gasteiger partial charge in [0.15, 0.2) is 0 Å². The summed E-state index contributed by atoms with van der Waals surface area (Å²) < 4.78 is 4.65. The lowest BCUT2D eigenvalue weighted by Gasteiger charge is -2.22. The van der Waals surface area contributed by atoms with Crippen LogP contribution in [0.1, 0.15) is 27.2 Å². The summed E-state index contributed by atoms with van der Waals surface area (Å²) in [6.45, 7) is 5.88. The molecule has 1 fully saturated rings. The predicted molar refractivity (Wildman–Crippen MR) is 64.6 cm³/mol. The molecule has 102 valence electrons. The zero-order valence-electron chi connectivity index (χ0n) is 11.3. The quantitative estimate of drug-likeness (QED) is 0.550. The second-order valence-electron chi connectivity index (χ2n) is 5.00. The minimum atomic E-state index is -0.677. The molecule has 0 spiro atoms. The maximum Gasteiger partial charge on any atom is 0.324 e. The molecule has 6 heteroatoms. The summed E-state index contributed by atoms with van der Waals surface area (Å²) in [6.07, 6.45) is 0.186. The summed E-state index contributed by atoms with van der Waals surface area (Å²) in [7, 11) is 1.28. The monoisotopic (exact) mass is 256 g/mol. The minimum Gasteiger partial charge on any atom is -0.468 e. The average Bonchev–Trinajstić information content (AvgIpc) is 2.49. The Hall–Kier alpha value is -1.43. The third kappa shape index (κ3) is 2.87. The molecule has 2 amide bonds. The Balaban J connectivity index is 2.78. The van der Waals surface area contributed by atoms with Gasteiger partial charge in [0.1, 0.15) is 6.04 Å². The molecule has 0 aliphatic carbocycles. The highest BCUT2D eigenvalue weighted by Gasteiger charge is 2.45. The molecule has 0 aromatic heterocycles. The zero-order chi connectivity index (χ0) is 13.9. The van der Waals surface area contributed by atoms with E-state index in [-0.39, 0.29) is 24.8 Å². The van der Waals surface area contributed by atoms with Crippen molar-refractivity contribution in [3.05, 3.63) is 0 Å². The third-order valence-corrected chi connectivity index (χ3v) is 3.02. The largest absolute Gasteiger partial charge is 0.468 e. The van der Waals surface area contributed by atoms with Crippen molar-refractivity contribution in [1.82, 2.24) is 10.2 Å². The fourth-order valence-electron chi connectivity index (χ4n) is 2.01. The maximum absolute atomic E-state index is 12.0. The molecule has 1 saturated heterocycles. The Kier molecular flexibility index (Phi) is 4.45. The van der Waals surface area contributed by atoms with Gasteiger partial charge in [0, 0.05) is 6.42 Å². The number of esters is 1. The van der Waals surface area contributed by atoms with Crippen molar-refractivity contribution in [2.45, 2.75) is 33.2 Å². The van der Waals surface area contributed by atoms with Gasteiger partial charge in [-0.15, -0.1) is 0 Å². The number of imide groups is 1. The number of carbonyl (C=O) groups excluding carboxylic acids is 3. The van der Waals surface area contributed by atoms with Crippen LogP contribution in [0.2, 0.25) is 0 Å². The molecule has 1 aliphatic rings. The van der Waals surface area contributed by atoms with Crippen LogP contribution in [0, 0.1) is 5.41 Å². The van der Waals surface area contributed by atoms with Crippen molar-refractivity contribution in [3.63, 3.8) is 0 Å². The Morgan fingerprint density at radius 3 is 2.50 bits per heavy atom. The first-order chi connectivity index (χ1) is 8.33. The van der Waals surface area contributed by atoms with Crippen molar-refractivity contribution in [2.75, 3.05) is 20.2 Å². The smallest absolute Gasteiger partial charge is 0.324 e. The first kappa shape index (κ1) is 14.6. The van der Waals surface area contributed by atoms with E-state index in [4.69, 9.17) is 0 Å². The van der Waals surface area contributed by atoms with E-state index < -0.39 is 17.4 Å². The lowest BCUT2D eigenvalue weighted by Crippen LogP contribution is -2.49. The maximum atomic E-state index is 12.0. The average molecular weight is 256 g/mol. The number of likely N-dealkylation sites (tertiary alicyclic amines) is 1. The van der Waals surface area contributed by atoms with Crippen molar-refractivity contribution in [1.29, 1.82) is 0 Å². The molecule has 0 aromatic carbocycles. The van der Waals surface area contributed by atoms with Crippen LogP contribution in [-0.4, -0.2) is 48.9 Å². The molecule has 1 unspecified atom stereocenters. The van der Waals surface area contributed by atoms with Crippen LogP contribution in [0.15, 0.2) is 0 Å². The van der Waals surface area contributed by atoms with Gasteiger partial charge in [-0.3, -0.25) is 19.3 Å². The van der Waals surface area contributed by atoms with Gasteiger partial charge >= 0.3 is 5.97 Å². The van der Waals surface area contributed by atoms with Crippen LogP contribution in [-0.2, 0) is 19.1 Å². The molecule has 0 radical (unpaired) electrons. The fraction of sp³-hybridized carbons (Fsp3) is 0.750. The number of methoxy groups -OCH3 is 1. The molecule has 0 saturated carbocycles. The predicted octanol–water partition coefficient (Wildman–Crippen LogP) is -0.0774. The molecule has 1 N–H and O–H groups in total. The SMILES string of the molecule is CCNC(CN1C(=O)CC(C)(C)C1=O)C(=O)OC. The lowest BCUT2D eigenvalue weighted by atomic mass is 9.92. The standard InChI is InChI=1S/C12H20N2O4/c1-5-13-8(10(16)18-4)7-14-9(15)6-12(2,3)11(14)17/h8,13H,5-7H2,1-4H3. The highest BCUT2D eigenvalue weighted by Crippen LogP contribution is 2.31. The summed E-state index contributed by atoms with van der Waals surface area (Å²) in [6, 6.07) is -0.665. The van der Waals surface area contributed by atoms with Crippen molar-refractivity contribution >= 4 is 17.8 Å². The van der Waals surface area contributed by atoms with E-state index in [0.29, 0.717) is 6.54 Å². The van der Waals surface area contributed by atoms with Gasteiger partial charge in [-0.2, -0.15) is 0 Å². The van der Waals surface area contributed by atoms with E-state index in [9.17, 15) is 14.4 Å². The number of nitrogens with one attached hydrogen (secondary N) is 1. The van der Waals surface area contributed by atoms with Crippen molar-refractivity contribution in [3.8, 4) is 0 Å². The van der Waals surface area contributed by atoms with Crippen molar-refractivity contribution in [2.24, 2.45) is 5.41 Å². The Morgan fingerprint density at radius 2 is 2.11 bits per heavy atom. The Labute approximate surface area is 107 Å². The van der Waals surface area contributed by atoms with E-state index >= 15 is 0 Å². The number of hydrogen-bond acceptors (Lipinski definition) is 5. The molecule has 6 nitrogen and oxygen atoms in total. The van der Waals surface area contributed by atoms with Gasteiger partial charge in [-0.25, -0.2) is 0 Å². The first-order valence-electron chi connectivity index (χ1n) is 5.99. The number of likely N-dealkylation sites (N-methyl/N-ethyl adjacent to an activating group) is 1. The molecule has 1 atom stereocenters. The molecular formula is C12H20N2O4. The van der Waals surface area contributed by atoms with Crippen LogP contribution in [0.25, 0.3) is 0 Å². The summed E-state index contributed by atoms with van der Waals surface area (Å²) in [4.78, 5) is 36.5. The second kappa shape index (κ2) is 5.48. The summed E-state index contributed by atoms with van der Waals surface area (Å²) in [5.74, 6) is -0.946. The zero-order valence-corrected chi connectivity index (χ0v) is 11.3. The second-order valence-corrected chi connectivity index (χ2v) is 5.00. The Bertz CT molecular complexity index is 365. The van der Waals surface area contributed by atoms with Gasteiger partial charge < -0.3 is 10.1 Å². The topological polar surface area (TPSA) is 75.7 Å². The number of carbonyl (C=O) groups is 3. The molecule has 1 aliphatic heterocycles. The van der Waals surface area contributed by atoms with Crippen LogP contribution in [0.5, 0.6) is 0 Å². The van der Waals surface area contributed by atoms with Gasteiger partial charge in [0.05, 0.1) is 19.1 Å². The van der Waals surface area contributed by atoms with E-state index in [2.05, 4.69) is 10.1 Å². The fourth-order valence-corrected chi connectivity index (χ4v) is 2.01. The summed E-state index contributed by atoms with van der Waals surface area (Å²) in [5, 5.41) is 2.91. The number of amides is 2. The number of nitrogens with zero attached hydrogens (tertiary/aromatic N) is 1. The summed E-state index contributed by atoms with van der Waals surface area (Å²) in [5.41, 5.74) is -0.677. The summed E-state index contributed by atoms with van der Waals surface area (Å²) >= 11 is 0. The number of rotatable bonds is 5. The normalized spacial score (nSPS) is 20.1. The number of hydrogen-bond donors (Lipinski definition) is 1. The van der Waals surface area contributed by atoms with E-state index in [0.717, 1.165) is 4.90 Å².